The number of allylic oxidation sites excluding steroid dienone is 9. The lowest BCUT2D eigenvalue weighted by molar-refractivity contribution is -0.143. The van der Waals surface area contributed by atoms with Crippen molar-refractivity contribution in [2.75, 3.05) is 13.2 Å². The third-order valence-electron chi connectivity index (χ3n) is 15.3. The van der Waals surface area contributed by atoms with Crippen LogP contribution >= 0.6 is 0 Å². The van der Waals surface area contributed by atoms with Crippen LogP contribution in [0, 0.1) is 0 Å². The van der Waals surface area contributed by atoms with Crippen LogP contribution in [-0.4, -0.2) is 47.4 Å². The topological polar surface area (TPSA) is 95.9 Å². The number of amides is 1. The molecule has 76 heavy (non-hydrogen) atoms. The highest BCUT2D eigenvalue weighted by Crippen LogP contribution is 2.17. The molecule has 0 aliphatic heterocycles. The zero-order valence-electron chi connectivity index (χ0n) is 50.7. The van der Waals surface area contributed by atoms with Crippen molar-refractivity contribution in [1.29, 1.82) is 0 Å². The van der Waals surface area contributed by atoms with Crippen molar-refractivity contribution in [2.24, 2.45) is 0 Å². The van der Waals surface area contributed by atoms with Crippen molar-refractivity contribution in [3.63, 3.8) is 0 Å². The molecule has 0 saturated carbocycles. The van der Waals surface area contributed by atoms with Gasteiger partial charge in [-0.05, 0) is 96.3 Å². The Morgan fingerprint density at radius 3 is 1.01 bits per heavy atom. The molecule has 0 bridgehead atoms. The Morgan fingerprint density at radius 2 is 0.658 bits per heavy atom. The average Bonchev–Trinajstić information content (AvgIpc) is 3.42. The van der Waals surface area contributed by atoms with Crippen molar-refractivity contribution in [3.05, 3.63) is 60.8 Å². The highest BCUT2D eigenvalue weighted by atomic mass is 16.5. The minimum Gasteiger partial charge on any atom is -0.466 e. The molecule has 444 valence electrons. The van der Waals surface area contributed by atoms with Gasteiger partial charge < -0.3 is 20.3 Å². The maximum atomic E-state index is 12.4. The number of carbonyl (C=O) groups excluding carboxylic acids is 2. The van der Waals surface area contributed by atoms with Gasteiger partial charge >= 0.3 is 5.97 Å². The molecule has 0 saturated heterocycles. The first-order valence-corrected chi connectivity index (χ1v) is 33.6. The first-order chi connectivity index (χ1) is 37.5. The quantitative estimate of drug-likeness (QED) is 0.0320. The van der Waals surface area contributed by atoms with Crippen molar-refractivity contribution in [2.45, 2.75) is 360 Å². The third-order valence-corrected chi connectivity index (χ3v) is 15.3. The predicted octanol–water partition coefficient (Wildman–Crippen LogP) is 21.5. The zero-order chi connectivity index (χ0) is 55.0. The fourth-order valence-corrected chi connectivity index (χ4v) is 10.1. The summed E-state index contributed by atoms with van der Waals surface area (Å²) in [6.07, 6.45) is 85.9. The number of esters is 1. The van der Waals surface area contributed by atoms with Crippen LogP contribution in [0.5, 0.6) is 0 Å². The molecule has 0 fully saturated rings. The van der Waals surface area contributed by atoms with Crippen molar-refractivity contribution < 1.29 is 24.5 Å². The normalized spacial score (nSPS) is 12.9. The average molecular weight is 1060 g/mol. The molecule has 0 aromatic carbocycles. The maximum absolute atomic E-state index is 12.4. The Labute approximate surface area is 473 Å². The minimum atomic E-state index is -0.842. The van der Waals surface area contributed by atoms with Crippen molar-refractivity contribution in [3.8, 4) is 0 Å². The molecule has 1 amide bonds. The van der Waals surface area contributed by atoms with Gasteiger partial charge in [0.15, 0.2) is 0 Å². The lowest BCUT2D eigenvalue weighted by Crippen LogP contribution is -2.45. The van der Waals surface area contributed by atoms with Gasteiger partial charge in [-0.2, -0.15) is 0 Å². The summed E-state index contributed by atoms with van der Waals surface area (Å²) >= 11 is 0. The number of aliphatic hydroxyl groups is 2. The Kier molecular flexibility index (Phi) is 63.0. The second kappa shape index (κ2) is 65.1. The van der Waals surface area contributed by atoms with E-state index in [0.717, 1.165) is 57.8 Å². The molecule has 3 N–H and O–H groups in total. The summed E-state index contributed by atoms with van der Waals surface area (Å²) in [5.74, 6) is -0.0678. The largest absolute Gasteiger partial charge is 0.466 e. The molecule has 0 spiro atoms. The van der Waals surface area contributed by atoms with Crippen LogP contribution in [0.15, 0.2) is 60.8 Å². The zero-order valence-corrected chi connectivity index (χ0v) is 50.7. The number of hydrogen-bond donors (Lipinski definition) is 3. The number of carbonyl (C=O) groups is 2. The predicted molar refractivity (Wildman–Crippen MR) is 333 cm³/mol. The van der Waals surface area contributed by atoms with Gasteiger partial charge in [0.25, 0.3) is 0 Å². The Balaban J connectivity index is 3.38. The molecule has 0 rings (SSSR count). The van der Waals surface area contributed by atoms with Crippen LogP contribution in [0.1, 0.15) is 348 Å². The van der Waals surface area contributed by atoms with Crippen LogP contribution < -0.4 is 5.32 Å². The summed E-state index contributed by atoms with van der Waals surface area (Å²) in [4.78, 5) is 24.5. The Bertz CT molecular complexity index is 1320. The molecule has 2 unspecified atom stereocenters. The van der Waals surface area contributed by atoms with Crippen molar-refractivity contribution in [1.82, 2.24) is 5.32 Å². The molecular formula is C70H129NO5. The van der Waals surface area contributed by atoms with E-state index in [9.17, 15) is 19.8 Å². The van der Waals surface area contributed by atoms with Crippen LogP contribution in [-0.2, 0) is 14.3 Å². The fraction of sp³-hybridized carbons (Fsp3) is 0.829. The summed E-state index contributed by atoms with van der Waals surface area (Å²) in [6, 6.07) is -0.625. The maximum Gasteiger partial charge on any atom is 0.305 e. The summed E-state index contributed by atoms with van der Waals surface area (Å²) in [5.41, 5.74) is 0. The van der Waals surface area contributed by atoms with Crippen molar-refractivity contribution >= 4 is 11.9 Å². The van der Waals surface area contributed by atoms with Gasteiger partial charge in [0.05, 0.1) is 25.4 Å². The Morgan fingerprint density at radius 1 is 0.368 bits per heavy atom. The molecule has 0 heterocycles. The highest BCUT2D eigenvalue weighted by molar-refractivity contribution is 5.76. The molecule has 0 aliphatic rings. The monoisotopic (exact) mass is 1060 g/mol. The van der Waals surface area contributed by atoms with Gasteiger partial charge in [0.1, 0.15) is 0 Å². The number of aliphatic hydroxyl groups excluding tert-OH is 2. The molecule has 0 aliphatic carbocycles. The van der Waals surface area contributed by atoms with Crippen LogP contribution in [0.3, 0.4) is 0 Å². The SMILES string of the molecule is CCCCCC/C=C\C/C=C\CCCCCCCC(=O)OCCCCCCCCCCC/C=C\C/C=C\CCCCCCCCCCCCCCCCCCCC(=O)NC(CO)C(O)/C=C/CCCCCCCCCC. The van der Waals surface area contributed by atoms with Gasteiger partial charge in [-0.1, -0.05) is 299 Å². The fourth-order valence-electron chi connectivity index (χ4n) is 10.1. The second-order valence-corrected chi connectivity index (χ2v) is 22.8. The van der Waals surface area contributed by atoms with E-state index in [1.54, 1.807) is 6.08 Å². The summed E-state index contributed by atoms with van der Waals surface area (Å²) in [5, 5.41) is 23.0. The van der Waals surface area contributed by atoms with Gasteiger partial charge in [-0.15, -0.1) is 0 Å². The van der Waals surface area contributed by atoms with E-state index in [2.05, 4.69) is 67.8 Å². The summed E-state index contributed by atoms with van der Waals surface area (Å²) < 4.78 is 5.48. The number of unbranched alkanes of at least 4 members (excludes halogenated alkanes) is 43. The van der Waals surface area contributed by atoms with Crippen LogP contribution in [0.25, 0.3) is 0 Å². The molecular weight excluding hydrogens is 935 g/mol. The highest BCUT2D eigenvalue weighted by Gasteiger charge is 2.18. The van der Waals surface area contributed by atoms with Gasteiger partial charge in [-0.25, -0.2) is 0 Å². The van der Waals surface area contributed by atoms with E-state index in [-0.39, 0.29) is 18.5 Å². The molecule has 0 radical (unpaired) electrons. The standard InChI is InChI=1S/C70H129NO5/c1-3-5-7-9-11-13-15-16-17-38-41-44-48-52-56-60-64-70(75)76-65-61-57-53-49-45-42-39-36-34-32-30-28-26-24-22-20-18-19-21-23-25-27-29-31-33-35-37-40-43-47-51-55-59-63-69(74)71-67(66-72)68(73)62-58-54-50-46-14-12-10-8-6-4-2/h13,15,17,22,24,28,30,38,58,62,67-68,72-73H,3-12,14,16,18-21,23,25-27,29,31-37,39-57,59-61,63-66H2,1-2H3,(H,71,74)/b15-13-,24-22-,30-28-,38-17-,62-58+. The van der Waals surface area contributed by atoms with E-state index in [1.807, 2.05) is 6.08 Å². The number of nitrogens with one attached hydrogen (secondary N) is 1. The molecule has 0 aromatic rings. The van der Waals surface area contributed by atoms with E-state index in [1.165, 1.54) is 263 Å². The smallest absolute Gasteiger partial charge is 0.305 e. The minimum absolute atomic E-state index is 0.00000602. The van der Waals surface area contributed by atoms with E-state index in [4.69, 9.17) is 4.74 Å². The third kappa shape index (κ3) is 60.8. The molecule has 0 aromatic heterocycles. The van der Waals surface area contributed by atoms with E-state index in [0.29, 0.717) is 19.4 Å². The lowest BCUT2D eigenvalue weighted by atomic mass is 10.0. The number of ether oxygens (including phenoxy) is 1. The first-order valence-electron chi connectivity index (χ1n) is 33.6. The Hall–Kier alpha value is -2.44. The van der Waals surface area contributed by atoms with Gasteiger partial charge in [0, 0.05) is 12.8 Å². The summed E-state index contributed by atoms with van der Waals surface area (Å²) in [7, 11) is 0. The molecule has 6 nitrogen and oxygen atoms in total. The van der Waals surface area contributed by atoms with Gasteiger partial charge in [-0.3, -0.25) is 9.59 Å². The summed E-state index contributed by atoms with van der Waals surface area (Å²) in [6.45, 7) is 4.87. The van der Waals surface area contributed by atoms with Crippen LogP contribution in [0.4, 0.5) is 0 Å². The second-order valence-electron chi connectivity index (χ2n) is 22.8. The number of hydrogen-bond acceptors (Lipinski definition) is 5. The lowest BCUT2D eigenvalue weighted by Gasteiger charge is -2.20. The molecule has 2 atom stereocenters. The van der Waals surface area contributed by atoms with Crippen LogP contribution in [0.2, 0.25) is 0 Å². The number of rotatable bonds is 62. The first kappa shape index (κ1) is 73.6. The van der Waals surface area contributed by atoms with Gasteiger partial charge in [0.2, 0.25) is 5.91 Å². The molecule has 6 heteroatoms. The van der Waals surface area contributed by atoms with E-state index < -0.39 is 12.1 Å². The van der Waals surface area contributed by atoms with E-state index >= 15 is 0 Å².